The van der Waals surface area contributed by atoms with Crippen molar-refractivity contribution in [2.24, 2.45) is 0 Å². The minimum atomic E-state index is -0.642. The fourth-order valence-electron chi connectivity index (χ4n) is 1.16. The molecule has 0 spiro atoms. The smallest absolute Gasteiger partial charge is 0.392 e. The quantitative estimate of drug-likeness (QED) is 0.570. The van der Waals surface area contributed by atoms with Crippen LogP contribution in [0.5, 0.6) is 11.8 Å². The lowest BCUT2D eigenvalue weighted by Gasteiger charge is -2.06. The van der Waals surface area contributed by atoms with Crippen molar-refractivity contribution in [2.45, 2.75) is 0 Å². The van der Waals surface area contributed by atoms with E-state index in [9.17, 15) is 10.1 Å². The summed E-state index contributed by atoms with van der Waals surface area (Å²) in [5.41, 5.74) is -0.387. The van der Waals surface area contributed by atoms with E-state index in [-0.39, 0.29) is 23.3 Å². The molecule has 8 heteroatoms. The van der Waals surface area contributed by atoms with E-state index >= 15 is 0 Å². The highest BCUT2D eigenvalue weighted by Gasteiger charge is 2.26. The van der Waals surface area contributed by atoms with Crippen molar-refractivity contribution >= 4 is 11.8 Å². The Morgan fingerprint density at radius 2 is 1.72 bits per heavy atom. The SMILES string of the molecule is COc1nc(C=CN(C)C)nc(OC)c1[N+](=O)[O-]. The van der Waals surface area contributed by atoms with Crippen LogP contribution in [0.3, 0.4) is 0 Å². The predicted molar refractivity (Wildman–Crippen MR) is 64.5 cm³/mol. The zero-order valence-corrected chi connectivity index (χ0v) is 10.6. The maximum absolute atomic E-state index is 10.9. The average Bonchev–Trinajstić information content (AvgIpc) is 2.34. The molecule has 1 rings (SSSR count). The first kappa shape index (κ1) is 13.7. The Morgan fingerprint density at radius 1 is 1.22 bits per heavy atom. The first-order chi connectivity index (χ1) is 8.49. The van der Waals surface area contributed by atoms with E-state index in [0.717, 1.165) is 0 Å². The first-order valence-corrected chi connectivity index (χ1v) is 4.98. The van der Waals surface area contributed by atoms with E-state index in [0.29, 0.717) is 0 Å². The molecule has 1 aromatic rings. The summed E-state index contributed by atoms with van der Waals surface area (Å²) in [6.45, 7) is 0. The standard InChI is InChI=1S/C10H14N4O4/c1-13(2)6-5-7-11-9(17-3)8(14(15)16)10(12-7)18-4/h5-6H,1-4H3. The Hall–Kier alpha value is -2.38. The van der Waals surface area contributed by atoms with Crippen molar-refractivity contribution in [3.05, 3.63) is 22.1 Å². The third-order valence-electron chi connectivity index (χ3n) is 1.93. The topological polar surface area (TPSA) is 90.6 Å². The molecule has 0 N–H and O–H groups in total. The van der Waals surface area contributed by atoms with E-state index in [2.05, 4.69) is 9.97 Å². The number of rotatable bonds is 5. The molecule has 0 bridgehead atoms. The molecule has 8 nitrogen and oxygen atoms in total. The highest BCUT2D eigenvalue weighted by Crippen LogP contribution is 2.33. The van der Waals surface area contributed by atoms with Crippen molar-refractivity contribution in [3.8, 4) is 11.8 Å². The van der Waals surface area contributed by atoms with Gasteiger partial charge in [0.2, 0.25) is 0 Å². The number of hydrogen-bond acceptors (Lipinski definition) is 7. The minimum absolute atomic E-state index is 0.134. The van der Waals surface area contributed by atoms with Gasteiger partial charge in [0, 0.05) is 20.3 Å². The van der Waals surface area contributed by atoms with Gasteiger partial charge in [0.15, 0.2) is 5.82 Å². The van der Waals surface area contributed by atoms with Crippen LogP contribution >= 0.6 is 0 Å². The molecule has 0 unspecified atom stereocenters. The lowest BCUT2D eigenvalue weighted by atomic mass is 10.4. The Balaban J connectivity index is 3.30. The normalized spacial score (nSPS) is 10.4. The van der Waals surface area contributed by atoms with E-state index in [1.54, 1.807) is 17.2 Å². The molecule has 0 saturated heterocycles. The molecule has 0 atom stereocenters. The number of ether oxygens (including phenoxy) is 2. The molecular formula is C10H14N4O4. The lowest BCUT2D eigenvalue weighted by Crippen LogP contribution is -2.05. The third-order valence-corrected chi connectivity index (χ3v) is 1.93. The molecule has 0 amide bonds. The molecule has 0 radical (unpaired) electrons. The molecule has 0 aliphatic carbocycles. The highest BCUT2D eigenvalue weighted by molar-refractivity contribution is 5.53. The van der Waals surface area contributed by atoms with Crippen LogP contribution in [0.15, 0.2) is 6.20 Å². The zero-order valence-electron chi connectivity index (χ0n) is 10.6. The van der Waals surface area contributed by atoms with Gasteiger partial charge < -0.3 is 14.4 Å². The van der Waals surface area contributed by atoms with E-state index in [1.807, 2.05) is 14.1 Å². The number of nitro groups is 1. The van der Waals surface area contributed by atoms with Crippen LogP contribution in [0.1, 0.15) is 5.82 Å². The summed E-state index contributed by atoms with van der Waals surface area (Å²) in [7, 11) is 6.26. The molecule has 0 saturated carbocycles. The van der Waals surface area contributed by atoms with Gasteiger partial charge in [-0.15, -0.1) is 0 Å². The molecule has 0 aliphatic heterocycles. The molecule has 1 heterocycles. The number of methoxy groups -OCH3 is 2. The maximum atomic E-state index is 10.9. The lowest BCUT2D eigenvalue weighted by molar-refractivity contribution is -0.387. The van der Waals surface area contributed by atoms with Crippen LogP contribution in [-0.2, 0) is 0 Å². The Labute approximate surface area is 104 Å². The predicted octanol–water partition coefficient (Wildman–Crippen LogP) is 0.934. The molecule has 0 aliphatic rings. The van der Waals surface area contributed by atoms with Crippen molar-refractivity contribution in [3.63, 3.8) is 0 Å². The van der Waals surface area contributed by atoms with Gasteiger partial charge in [-0.1, -0.05) is 0 Å². The molecule has 1 aromatic heterocycles. The summed E-state index contributed by atoms with van der Waals surface area (Å²) < 4.78 is 9.75. The van der Waals surface area contributed by atoms with Crippen LogP contribution in [0.2, 0.25) is 0 Å². The van der Waals surface area contributed by atoms with Crippen LogP contribution in [0, 0.1) is 10.1 Å². The van der Waals surface area contributed by atoms with Gasteiger partial charge in [0.05, 0.1) is 19.1 Å². The summed E-state index contributed by atoms with van der Waals surface area (Å²) in [5.74, 6) is -0.00138. The molecule has 18 heavy (non-hydrogen) atoms. The van der Waals surface area contributed by atoms with Crippen LogP contribution in [0.4, 0.5) is 5.69 Å². The van der Waals surface area contributed by atoms with Crippen molar-refractivity contribution < 1.29 is 14.4 Å². The van der Waals surface area contributed by atoms with Gasteiger partial charge in [-0.2, -0.15) is 9.97 Å². The van der Waals surface area contributed by atoms with E-state index in [4.69, 9.17) is 9.47 Å². The molecule has 0 aromatic carbocycles. The summed E-state index contributed by atoms with van der Waals surface area (Å²) in [6, 6.07) is 0. The van der Waals surface area contributed by atoms with Crippen molar-refractivity contribution in [2.75, 3.05) is 28.3 Å². The zero-order chi connectivity index (χ0) is 13.7. The van der Waals surface area contributed by atoms with Gasteiger partial charge in [-0.25, -0.2) is 0 Å². The largest absolute Gasteiger partial charge is 0.476 e. The molecule has 98 valence electrons. The first-order valence-electron chi connectivity index (χ1n) is 4.98. The Kier molecular flexibility index (Phi) is 4.41. The number of aromatic nitrogens is 2. The van der Waals surface area contributed by atoms with E-state index < -0.39 is 4.92 Å². The van der Waals surface area contributed by atoms with Gasteiger partial charge in [-0.3, -0.25) is 10.1 Å². The average molecular weight is 254 g/mol. The fourth-order valence-corrected chi connectivity index (χ4v) is 1.16. The maximum Gasteiger partial charge on any atom is 0.392 e. The monoisotopic (exact) mass is 254 g/mol. The van der Waals surface area contributed by atoms with Crippen LogP contribution < -0.4 is 9.47 Å². The van der Waals surface area contributed by atoms with Crippen molar-refractivity contribution in [1.29, 1.82) is 0 Å². The number of hydrogen-bond donors (Lipinski definition) is 0. The van der Waals surface area contributed by atoms with Crippen LogP contribution in [-0.4, -0.2) is 48.1 Å². The van der Waals surface area contributed by atoms with Gasteiger partial charge in [0.25, 0.3) is 0 Å². The van der Waals surface area contributed by atoms with Crippen molar-refractivity contribution in [1.82, 2.24) is 14.9 Å². The fraction of sp³-hybridized carbons (Fsp3) is 0.400. The Bertz CT molecular complexity index is 448. The van der Waals surface area contributed by atoms with Gasteiger partial charge in [0.1, 0.15) is 0 Å². The Morgan fingerprint density at radius 3 is 2.06 bits per heavy atom. The second-order valence-electron chi connectivity index (χ2n) is 3.49. The summed E-state index contributed by atoms with van der Waals surface area (Å²) in [6.07, 6.45) is 3.30. The van der Waals surface area contributed by atoms with Crippen LogP contribution in [0.25, 0.3) is 6.08 Å². The van der Waals surface area contributed by atoms with E-state index in [1.165, 1.54) is 14.2 Å². The number of nitrogens with zero attached hydrogens (tertiary/aromatic N) is 4. The second-order valence-corrected chi connectivity index (χ2v) is 3.49. The van der Waals surface area contributed by atoms with Gasteiger partial charge in [-0.05, 0) is 6.08 Å². The summed E-state index contributed by atoms with van der Waals surface area (Å²) >= 11 is 0. The molecule has 0 fully saturated rings. The second kappa shape index (κ2) is 5.80. The third kappa shape index (κ3) is 3.06. The minimum Gasteiger partial charge on any atom is -0.476 e. The summed E-state index contributed by atoms with van der Waals surface area (Å²) in [5, 5.41) is 10.9. The summed E-state index contributed by atoms with van der Waals surface area (Å²) in [4.78, 5) is 19.9. The highest BCUT2D eigenvalue weighted by atomic mass is 16.6. The molecular weight excluding hydrogens is 240 g/mol. The van der Waals surface area contributed by atoms with Gasteiger partial charge >= 0.3 is 17.4 Å².